The smallest absolute Gasteiger partial charge is 0.145 e. The summed E-state index contributed by atoms with van der Waals surface area (Å²) < 4.78 is 6.20. The lowest BCUT2D eigenvalue weighted by atomic mass is 10.1. The number of pyridine rings is 1. The Morgan fingerprint density at radius 2 is 2.16 bits per heavy atom. The second kappa shape index (κ2) is 5.17. The lowest BCUT2D eigenvalue weighted by Gasteiger charge is -2.20. The van der Waals surface area contributed by atoms with Crippen LogP contribution in [0.15, 0.2) is 30.3 Å². The van der Waals surface area contributed by atoms with Crippen molar-refractivity contribution in [3.63, 3.8) is 0 Å². The average Bonchev–Trinajstić information content (AvgIpc) is 2.87. The van der Waals surface area contributed by atoms with Gasteiger partial charge in [0.05, 0.1) is 0 Å². The normalized spacial score (nSPS) is 22.8. The van der Waals surface area contributed by atoms with Crippen LogP contribution in [0.2, 0.25) is 0 Å². The number of nitrogens with zero attached hydrogens (tertiary/aromatic N) is 1. The average molecular weight is 256 g/mol. The molecule has 2 N–H and O–H groups in total. The second-order valence-electron chi connectivity index (χ2n) is 5.36. The predicted molar refractivity (Wildman–Crippen MR) is 77.3 cm³/mol. The summed E-state index contributed by atoms with van der Waals surface area (Å²) in [6.45, 7) is 2.72. The predicted octanol–water partition coefficient (Wildman–Crippen LogP) is 3.05. The fourth-order valence-corrected chi connectivity index (χ4v) is 2.90. The molecule has 1 saturated carbocycles. The number of aromatic nitrogens is 1. The lowest BCUT2D eigenvalue weighted by Crippen LogP contribution is -2.27. The van der Waals surface area contributed by atoms with E-state index in [1.165, 1.54) is 12.8 Å². The van der Waals surface area contributed by atoms with Crippen molar-refractivity contribution in [1.82, 2.24) is 4.98 Å². The van der Waals surface area contributed by atoms with Crippen LogP contribution in [0.1, 0.15) is 25.0 Å². The van der Waals surface area contributed by atoms with E-state index in [9.17, 15) is 0 Å². The zero-order valence-corrected chi connectivity index (χ0v) is 11.3. The van der Waals surface area contributed by atoms with Crippen molar-refractivity contribution in [1.29, 1.82) is 0 Å². The van der Waals surface area contributed by atoms with Crippen LogP contribution in [-0.2, 0) is 0 Å². The number of aryl methyl sites for hydroxylation is 1. The Balaban J connectivity index is 1.94. The highest BCUT2D eigenvalue weighted by atomic mass is 16.5. The highest BCUT2D eigenvalue weighted by Gasteiger charge is 2.28. The molecule has 3 heteroatoms. The molecule has 2 aromatic rings. The number of fused-ring (bicyclic) bond motifs is 1. The first-order chi connectivity index (χ1) is 9.28. The summed E-state index contributed by atoms with van der Waals surface area (Å²) >= 11 is 0. The van der Waals surface area contributed by atoms with E-state index in [4.69, 9.17) is 10.5 Å². The summed E-state index contributed by atoms with van der Waals surface area (Å²) in [5.74, 6) is 1.38. The number of ether oxygens (including phenoxy) is 1. The van der Waals surface area contributed by atoms with E-state index >= 15 is 0 Å². The van der Waals surface area contributed by atoms with E-state index in [1.807, 2.05) is 25.1 Å². The Hall–Kier alpha value is -1.61. The molecule has 2 unspecified atom stereocenters. The van der Waals surface area contributed by atoms with Crippen LogP contribution in [0.5, 0.6) is 5.75 Å². The van der Waals surface area contributed by atoms with E-state index in [0.717, 1.165) is 28.8 Å². The van der Waals surface area contributed by atoms with Gasteiger partial charge in [-0.2, -0.15) is 0 Å². The first-order valence-electron chi connectivity index (χ1n) is 7.01. The summed E-state index contributed by atoms with van der Waals surface area (Å²) in [6.07, 6.45) is 3.74. The summed E-state index contributed by atoms with van der Waals surface area (Å²) in [5, 5.41) is 1.13. The van der Waals surface area contributed by atoms with E-state index in [-0.39, 0.29) is 6.10 Å². The van der Waals surface area contributed by atoms with Crippen molar-refractivity contribution in [2.75, 3.05) is 6.54 Å². The third-order valence-electron chi connectivity index (χ3n) is 3.99. The van der Waals surface area contributed by atoms with Crippen LogP contribution in [0.3, 0.4) is 0 Å². The van der Waals surface area contributed by atoms with Gasteiger partial charge in [-0.15, -0.1) is 0 Å². The Morgan fingerprint density at radius 3 is 3.00 bits per heavy atom. The fourth-order valence-electron chi connectivity index (χ4n) is 2.90. The van der Waals surface area contributed by atoms with Gasteiger partial charge in [-0.3, -0.25) is 0 Å². The molecule has 0 bridgehead atoms. The first kappa shape index (κ1) is 12.4. The third kappa shape index (κ3) is 2.43. The Labute approximate surface area is 113 Å². The molecule has 1 aliphatic carbocycles. The van der Waals surface area contributed by atoms with Crippen molar-refractivity contribution >= 4 is 10.9 Å². The van der Waals surface area contributed by atoms with Crippen LogP contribution in [0.4, 0.5) is 0 Å². The molecule has 1 aliphatic rings. The topological polar surface area (TPSA) is 48.1 Å². The Bertz CT molecular complexity index is 582. The molecule has 2 atom stereocenters. The van der Waals surface area contributed by atoms with Gasteiger partial charge in [0.15, 0.2) is 0 Å². The Kier molecular flexibility index (Phi) is 3.38. The maximum atomic E-state index is 6.20. The number of hydrogen-bond donors (Lipinski definition) is 1. The minimum Gasteiger partial charge on any atom is -0.488 e. The van der Waals surface area contributed by atoms with E-state index in [0.29, 0.717) is 12.5 Å². The van der Waals surface area contributed by atoms with Crippen molar-refractivity contribution in [2.45, 2.75) is 32.3 Å². The van der Waals surface area contributed by atoms with Gasteiger partial charge in [0, 0.05) is 17.0 Å². The molecule has 0 amide bonds. The highest BCUT2D eigenvalue weighted by molar-refractivity contribution is 5.84. The molecule has 0 aliphatic heterocycles. The molecule has 100 valence electrons. The third-order valence-corrected chi connectivity index (χ3v) is 3.99. The zero-order valence-electron chi connectivity index (χ0n) is 11.3. The number of para-hydroxylation sites is 1. The lowest BCUT2D eigenvalue weighted by molar-refractivity contribution is 0.164. The van der Waals surface area contributed by atoms with Gasteiger partial charge in [0.25, 0.3) is 0 Å². The van der Waals surface area contributed by atoms with E-state index < -0.39 is 0 Å². The van der Waals surface area contributed by atoms with Gasteiger partial charge < -0.3 is 10.5 Å². The molecule has 0 saturated heterocycles. The molecule has 3 nitrogen and oxygen atoms in total. The molecule has 0 spiro atoms. The van der Waals surface area contributed by atoms with Crippen LogP contribution < -0.4 is 10.5 Å². The maximum Gasteiger partial charge on any atom is 0.145 e. The summed E-state index contributed by atoms with van der Waals surface area (Å²) in [7, 11) is 0. The van der Waals surface area contributed by atoms with E-state index in [1.54, 1.807) is 0 Å². The maximum absolute atomic E-state index is 6.20. The Morgan fingerprint density at radius 1 is 1.26 bits per heavy atom. The largest absolute Gasteiger partial charge is 0.488 e. The van der Waals surface area contributed by atoms with Crippen molar-refractivity contribution in [3.05, 3.63) is 36.0 Å². The van der Waals surface area contributed by atoms with Crippen molar-refractivity contribution < 1.29 is 4.74 Å². The van der Waals surface area contributed by atoms with Gasteiger partial charge in [-0.05, 0) is 44.9 Å². The van der Waals surface area contributed by atoms with Crippen molar-refractivity contribution in [2.24, 2.45) is 11.7 Å². The van der Waals surface area contributed by atoms with Gasteiger partial charge in [-0.1, -0.05) is 18.2 Å². The van der Waals surface area contributed by atoms with Gasteiger partial charge in [0.2, 0.25) is 0 Å². The van der Waals surface area contributed by atoms with Gasteiger partial charge in [-0.25, -0.2) is 4.98 Å². The molecule has 0 radical (unpaired) electrons. The molecular weight excluding hydrogens is 236 g/mol. The number of benzene rings is 1. The van der Waals surface area contributed by atoms with Gasteiger partial charge >= 0.3 is 0 Å². The summed E-state index contributed by atoms with van der Waals surface area (Å²) in [6, 6.07) is 10.2. The van der Waals surface area contributed by atoms with Crippen LogP contribution in [0, 0.1) is 12.8 Å². The molecule has 1 heterocycles. The second-order valence-corrected chi connectivity index (χ2v) is 5.36. The minimum atomic E-state index is 0.248. The van der Waals surface area contributed by atoms with Gasteiger partial charge in [0.1, 0.15) is 17.4 Å². The zero-order chi connectivity index (χ0) is 13.2. The number of nitrogens with two attached hydrogens (primary N) is 1. The molecule has 1 aromatic heterocycles. The van der Waals surface area contributed by atoms with E-state index in [2.05, 4.69) is 17.1 Å². The molecule has 1 aromatic carbocycles. The summed E-state index contributed by atoms with van der Waals surface area (Å²) in [4.78, 5) is 4.61. The molecule has 19 heavy (non-hydrogen) atoms. The number of hydrogen-bond acceptors (Lipinski definition) is 3. The molecule has 1 fully saturated rings. The minimum absolute atomic E-state index is 0.248. The highest BCUT2D eigenvalue weighted by Crippen LogP contribution is 2.32. The fraction of sp³-hybridized carbons (Fsp3) is 0.438. The summed E-state index contributed by atoms with van der Waals surface area (Å²) in [5.41, 5.74) is 7.80. The monoisotopic (exact) mass is 256 g/mol. The van der Waals surface area contributed by atoms with Crippen LogP contribution >= 0.6 is 0 Å². The van der Waals surface area contributed by atoms with Crippen LogP contribution in [-0.4, -0.2) is 17.6 Å². The molecular formula is C16H20N2O. The molecule has 3 rings (SSSR count). The van der Waals surface area contributed by atoms with Crippen LogP contribution in [0.25, 0.3) is 10.9 Å². The first-order valence-corrected chi connectivity index (χ1v) is 7.01. The quantitative estimate of drug-likeness (QED) is 0.918. The standard InChI is InChI=1S/C16H20N2O/c1-11-8-9-12-4-2-7-15(16(12)18-11)19-14-6-3-5-13(14)10-17/h2,4,7-9,13-14H,3,5-6,10,17H2,1H3. The SMILES string of the molecule is Cc1ccc2cccc(OC3CCCC3CN)c2n1. The van der Waals surface area contributed by atoms with Crippen molar-refractivity contribution in [3.8, 4) is 5.75 Å². The number of rotatable bonds is 3.